The normalized spacial score (nSPS) is 19.6. The molecule has 0 atom stereocenters. The predicted octanol–water partition coefficient (Wildman–Crippen LogP) is 1.74. The van der Waals surface area contributed by atoms with Crippen LogP contribution in [-0.2, 0) is 0 Å². The Bertz CT molecular complexity index is 198. The summed E-state index contributed by atoms with van der Waals surface area (Å²) in [6.07, 6.45) is 1.08. The maximum atomic E-state index is 5.69. The molecule has 1 heterocycles. The lowest BCUT2D eigenvalue weighted by atomic mass is 9.89. The van der Waals surface area contributed by atoms with Crippen molar-refractivity contribution in [2.45, 2.75) is 20.3 Å². The van der Waals surface area contributed by atoms with Gasteiger partial charge in [0.2, 0.25) is 0 Å². The maximum absolute atomic E-state index is 5.69. The number of thioether (sulfide) groups is 1. The number of nitrogens with zero attached hydrogens (tertiary/aromatic N) is 1. The van der Waals surface area contributed by atoms with Crippen LogP contribution in [0.15, 0.2) is 0 Å². The van der Waals surface area contributed by atoms with Crippen LogP contribution >= 0.6 is 24.0 Å². The van der Waals surface area contributed by atoms with Gasteiger partial charge >= 0.3 is 0 Å². The summed E-state index contributed by atoms with van der Waals surface area (Å²) in [5.74, 6) is 2.54. The first-order valence-electron chi connectivity index (χ1n) is 5.12. The molecule has 0 radical (unpaired) electrons. The minimum atomic E-state index is 0.0138. The first-order valence-corrected chi connectivity index (χ1v) is 6.69. The van der Waals surface area contributed by atoms with Crippen LogP contribution in [0, 0.1) is 5.41 Å². The van der Waals surface area contributed by atoms with E-state index < -0.39 is 0 Å². The van der Waals surface area contributed by atoms with Crippen molar-refractivity contribution in [2.75, 3.05) is 31.1 Å². The Kier molecular flexibility index (Phi) is 4.67. The highest BCUT2D eigenvalue weighted by atomic mass is 32.2. The molecule has 0 unspecified atom stereocenters. The molecule has 1 rings (SSSR count). The Hall–Kier alpha value is 0.200. The SMILES string of the molecule is CC(C)(CCN1CCSCC1)C(N)=S. The topological polar surface area (TPSA) is 29.3 Å². The van der Waals surface area contributed by atoms with E-state index in [-0.39, 0.29) is 5.41 Å². The molecule has 82 valence electrons. The van der Waals surface area contributed by atoms with E-state index >= 15 is 0 Å². The highest BCUT2D eigenvalue weighted by Crippen LogP contribution is 2.21. The second kappa shape index (κ2) is 5.33. The van der Waals surface area contributed by atoms with Gasteiger partial charge in [-0.2, -0.15) is 11.8 Å². The van der Waals surface area contributed by atoms with E-state index in [1.54, 1.807) is 0 Å². The van der Waals surface area contributed by atoms with Gasteiger partial charge in [0.25, 0.3) is 0 Å². The molecule has 1 aliphatic heterocycles. The zero-order valence-electron chi connectivity index (χ0n) is 9.08. The van der Waals surface area contributed by atoms with Gasteiger partial charge in [-0.25, -0.2) is 0 Å². The van der Waals surface area contributed by atoms with E-state index in [9.17, 15) is 0 Å². The molecule has 0 aromatic heterocycles. The summed E-state index contributed by atoms with van der Waals surface area (Å²) < 4.78 is 0. The Balaban J connectivity index is 2.28. The first kappa shape index (κ1) is 12.3. The van der Waals surface area contributed by atoms with E-state index in [0.717, 1.165) is 13.0 Å². The smallest absolute Gasteiger partial charge is 0.0784 e. The largest absolute Gasteiger partial charge is 0.393 e. The van der Waals surface area contributed by atoms with Crippen LogP contribution in [0.4, 0.5) is 0 Å². The lowest BCUT2D eigenvalue weighted by Gasteiger charge is -2.30. The van der Waals surface area contributed by atoms with Crippen LogP contribution < -0.4 is 5.73 Å². The van der Waals surface area contributed by atoms with Crippen LogP contribution in [0.5, 0.6) is 0 Å². The number of thiocarbonyl (C=S) groups is 1. The third-order valence-electron chi connectivity index (χ3n) is 2.82. The van der Waals surface area contributed by atoms with Crippen molar-refractivity contribution in [3.05, 3.63) is 0 Å². The summed E-state index contributed by atoms with van der Waals surface area (Å²) in [6, 6.07) is 0. The minimum Gasteiger partial charge on any atom is -0.393 e. The quantitative estimate of drug-likeness (QED) is 0.748. The summed E-state index contributed by atoms with van der Waals surface area (Å²) in [7, 11) is 0. The third-order valence-corrected chi connectivity index (χ3v) is 4.32. The van der Waals surface area contributed by atoms with E-state index in [2.05, 4.69) is 18.7 Å². The first-order chi connectivity index (χ1) is 6.52. The van der Waals surface area contributed by atoms with Gasteiger partial charge in [0.1, 0.15) is 0 Å². The summed E-state index contributed by atoms with van der Waals surface area (Å²) in [6.45, 7) is 7.84. The third kappa shape index (κ3) is 3.75. The second-order valence-corrected chi connectivity index (χ2v) is 6.12. The molecule has 0 aromatic carbocycles. The fraction of sp³-hybridized carbons (Fsp3) is 0.900. The molecule has 0 bridgehead atoms. The fourth-order valence-electron chi connectivity index (χ4n) is 1.39. The minimum absolute atomic E-state index is 0.0138. The van der Waals surface area contributed by atoms with Gasteiger partial charge < -0.3 is 10.6 Å². The molecule has 1 fully saturated rings. The Morgan fingerprint density at radius 2 is 2.00 bits per heavy atom. The molecule has 14 heavy (non-hydrogen) atoms. The van der Waals surface area contributed by atoms with Gasteiger partial charge in [0.05, 0.1) is 4.99 Å². The van der Waals surface area contributed by atoms with Gasteiger partial charge in [-0.15, -0.1) is 0 Å². The van der Waals surface area contributed by atoms with Crippen LogP contribution in [0.2, 0.25) is 0 Å². The number of hydrogen-bond donors (Lipinski definition) is 1. The molecule has 2 N–H and O–H groups in total. The molecule has 0 saturated carbocycles. The Labute approximate surface area is 96.6 Å². The van der Waals surface area contributed by atoms with E-state index in [4.69, 9.17) is 18.0 Å². The number of rotatable bonds is 4. The summed E-state index contributed by atoms with van der Waals surface area (Å²) in [4.78, 5) is 3.15. The van der Waals surface area contributed by atoms with Gasteiger partial charge in [-0.1, -0.05) is 26.1 Å². The highest BCUT2D eigenvalue weighted by molar-refractivity contribution is 7.99. The number of hydrogen-bond acceptors (Lipinski definition) is 3. The van der Waals surface area contributed by atoms with Gasteiger partial charge in [-0.3, -0.25) is 0 Å². The van der Waals surface area contributed by atoms with E-state index in [1.807, 2.05) is 11.8 Å². The highest BCUT2D eigenvalue weighted by Gasteiger charge is 2.22. The summed E-state index contributed by atoms with van der Waals surface area (Å²) in [5.41, 5.74) is 5.71. The number of nitrogens with two attached hydrogens (primary N) is 1. The van der Waals surface area contributed by atoms with Crippen LogP contribution in [0.3, 0.4) is 0 Å². The summed E-state index contributed by atoms with van der Waals surface area (Å²) in [5, 5.41) is 0. The molecular weight excluding hydrogens is 212 g/mol. The van der Waals surface area contributed by atoms with Crippen LogP contribution in [0.1, 0.15) is 20.3 Å². The predicted molar refractivity (Wildman–Crippen MR) is 68.9 cm³/mol. The molecule has 0 aliphatic carbocycles. The monoisotopic (exact) mass is 232 g/mol. The molecule has 0 amide bonds. The zero-order valence-corrected chi connectivity index (χ0v) is 10.7. The van der Waals surface area contributed by atoms with Crippen molar-refractivity contribution >= 4 is 29.0 Å². The van der Waals surface area contributed by atoms with Crippen molar-refractivity contribution in [3.63, 3.8) is 0 Å². The average molecular weight is 232 g/mol. The molecule has 1 saturated heterocycles. The van der Waals surface area contributed by atoms with Crippen molar-refractivity contribution in [3.8, 4) is 0 Å². The molecular formula is C10H20N2S2. The van der Waals surface area contributed by atoms with Gasteiger partial charge in [0, 0.05) is 30.0 Å². The van der Waals surface area contributed by atoms with Crippen molar-refractivity contribution in [1.29, 1.82) is 0 Å². The second-order valence-electron chi connectivity index (χ2n) is 4.45. The van der Waals surface area contributed by atoms with Crippen molar-refractivity contribution < 1.29 is 0 Å². The Morgan fingerprint density at radius 3 is 2.50 bits per heavy atom. The fourth-order valence-corrected chi connectivity index (χ4v) is 2.47. The lowest BCUT2D eigenvalue weighted by molar-refractivity contribution is 0.268. The molecule has 4 heteroatoms. The standard InChI is InChI=1S/C10H20N2S2/c1-10(2,9(11)13)3-4-12-5-7-14-8-6-12/h3-8H2,1-2H3,(H2,11,13). The molecule has 1 aliphatic rings. The van der Waals surface area contributed by atoms with Crippen molar-refractivity contribution in [1.82, 2.24) is 4.90 Å². The van der Waals surface area contributed by atoms with Crippen LogP contribution in [0.25, 0.3) is 0 Å². The lowest BCUT2D eigenvalue weighted by Crippen LogP contribution is -2.38. The zero-order chi connectivity index (χ0) is 10.6. The van der Waals surface area contributed by atoms with Gasteiger partial charge in [0.15, 0.2) is 0 Å². The molecule has 0 aromatic rings. The van der Waals surface area contributed by atoms with E-state index in [1.165, 1.54) is 24.6 Å². The molecule has 2 nitrogen and oxygen atoms in total. The molecule has 0 spiro atoms. The van der Waals surface area contributed by atoms with Crippen molar-refractivity contribution in [2.24, 2.45) is 11.1 Å². The van der Waals surface area contributed by atoms with Gasteiger partial charge in [-0.05, 0) is 13.0 Å². The maximum Gasteiger partial charge on any atom is 0.0784 e. The van der Waals surface area contributed by atoms with E-state index in [0.29, 0.717) is 4.99 Å². The Morgan fingerprint density at radius 1 is 1.43 bits per heavy atom. The van der Waals surface area contributed by atoms with Crippen LogP contribution in [-0.4, -0.2) is 41.0 Å². The average Bonchev–Trinajstić information content (AvgIpc) is 2.16. The summed E-state index contributed by atoms with van der Waals surface area (Å²) >= 11 is 7.10.